The van der Waals surface area contributed by atoms with E-state index in [1.165, 1.54) is 16.0 Å². The molecule has 0 saturated carbocycles. The van der Waals surface area contributed by atoms with Gasteiger partial charge in [0.15, 0.2) is 0 Å². The van der Waals surface area contributed by atoms with E-state index < -0.39 is 0 Å². The van der Waals surface area contributed by atoms with Crippen molar-refractivity contribution in [2.45, 2.75) is 12.5 Å². The highest BCUT2D eigenvalue weighted by atomic mass is 32.1. The summed E-state index contributed by atoms with van der Waals surface area (Å²) in [4.78, 5) is 13.7. The van der Waals surface area contributed by atoms with Crippen molar-refractivity contribution in [3.05, 3.63) is 87.6 Å². The molecule has 2 aromatic carbocycles. The van der Waals surface area contributed by atoms with Crippen LogP contribution in [0.3, 0.4) is 0 Å². The lowest BCUT2D eigenvalue weighted by Crippen LogP contribution is -2.29. The molecule has 0 radical (unpaired) electrons. The minimum Gasteiger partial charge on any atom is -0.322 e. The van der Waals surface area contributed by atoms with Gasteiger partial charge in [-0.1, -0.05) is 30.3 Å². The first-order chi connectivity index (χ1) is 11.8. The lowest BCUT2D eigenvalue weighted by molar-refractivity contribution is 0.102. The predicted octanol–water partition coefficient (Wildman–Crippen LogP) is 4.24. The smallest absolute Gasteiger partial charge is 0.255 e. The number of amides is 1. The second-order valence-corrected chi connectivity index (χ2v) is 6.88. The van der Waals surface area contributed by atoms with Crippen molar-refractivity contribution in [3.63, 3.8) is 0 Å². The molecule has 0 saturated heterocycles. The van der Waals surface area contributed by atoms with Gasteiger partial charge in [0.25, 0.3) is 5.91 Å². The Hall–Kier alpha value is -2.43. The normalized spacial score (nSPS) is 16.4. The van der Waals surface area contributed by atoms with Crippen molar-refractivity contribution in [2.75, 3.05) is 11.9 Å². The molecule has 4 heteroatoms. The number of benzene rings is 2. The zero-order valence-electron chi connectivity index (χ0n) is 13.2. The largest absolute Gasteiger partial charge is 0.322 e. The number of thiophene rings is 1. The number of anilines is 1. The van der Waals surface area contributed by atoms with Gasteiger partial charge in [-0.05, 0) is 53.3 Å². The van der Waals surface area contributed by atoms with Crippen LogP contribution >= 0.6 is 11.3 Å². The third-order valence-corrected chi connectivity index (χ3v) is 5.33. The monoisotopic (exact) mass is 334 g/mol. The van der Waals surface area contributed by atoms with Crippen LogP contribution in [0.2, 0.25) is 0 Å². The molecule has 1 aromatic heterocycles. The van der Waals surface area contributed by atoms with Crippen LogP contribution < -0.4 is 10.6 Å². The van der Waals surface area contributed by atoms with Crippen molar-refractivity contribution in [2.24, 2.45) is 0 Å². The maximum Gasteiger partial charge on any atom is 0.255 e. The second kappa shape index (κ2) is 6.59. The number of hydrogen-bond donors (Lipinski definition) is 2. The number of carbonyl (C=O) groups excluding carboxylic acids is 1. The molecule has 1 aliphatic heterocycles. The molecule has 24 heavy (non-hydrogen) atoms. The van der Waals surface area contributed by atoms with Crippen molar-refractivity contribution in [1.82, 2.24) is 5.32 Å². The van der Waals surface area contributed by atoms with E-state index in [2.05, 4.69) is 34.2 Å². The van der Waals surface area contributed by atoms with Crippen LogP contribution in [0.25, 0.3) is 0 Å². The quantitative estimate of drug-likeness (QED) is 0.752. The van der Waals surface area contributed by atoms with Gasteiger partial charge in [0.1, 0.15) is 0 Å². The molecule has 0 bridgehead atoms. The van der Waals surface area contributed by atoms with Crippen LogP contribution in [0.4, 0.5) is 5.69 Å². The van der Waals surface area contributed by atoms with E-state index in [1.54, 1.807) is 0 Å². The third kappa shape index (κ3) is 2.98. The maximum atomic E-state index is 12.2. The molecule has 3 nitrogen and oxygen atoms in total. The molecule has 0 unspecified atom stereocenters. The van der Waals surface area contributed by atoms with Gasteiger partial charge >= 0.3 is 0 Å². The molecule has 1 amide bonds. The molecule has 4 rings (SSSR count). The Morgan fingerprint density at radius 2 is 1.83 bits per heavy atom. The van der Waals surface area contributed by atoms with Crippen molar-refractivity contribution >= 4 is 22.9 Å². The van der Waals surface area contributed by atoms with Gasteiger partial charge in [0.2, 0.25) is 0 Å². The van der Waals surface area contributed by atoms with Gasteiger partial charge < -0.3 is 10.6 Å². The van der Waals surface area contributed by atoms with Crippen molar-refractivity contribution in [3.8, 4) is 0 Å². The van der Waals surface area contributed by atoms with E-state index in [0.29, 0.717) is 5.56 Å². The van der Waals surface area contributed by atoms with E-state index in [1.807, 2.05) is 53.8 Å². The zero-order valence-corrected chi connectivity index (χ0v) is 14.0. The highest BCUT2D eigenvalue weighted by molar-refractivity contribution is 7.10. The average molecular weight is 334 g/mol. The molecule has 0 fully saturated rings. The minimum absolute atomic E-state index is 0.0840. The summed E-state index contributed by atoms with van der Waals surface area (Å²) >= 11 is 1.84. The fourth-order valence-electron chi connectivity index (χ4n) is 3.10. The first-order valence-corrected chi connectivity index (χ1v) is 8.95. The second-order valence-electron chi connectivity index (χ2n) is 5.88. The lowest BCUT2D eigenvalue weighted by atomic mass is 9.95. The number of fused-ring (bicyclic) bond motifs is 1. The molecule has 3 aromatic rings. The van der Waals surface area contributed by atoms with Crippen LogP contribution in [0, 0.1) is 0 Å². The van der Waals surface area contributed by atoms with Gasteiger partial charge in [0.05, 0.1) is 6.04 Å². The summed E-state index contributed by atoms with van der Waals surface area (Å²) in [6, 6.07) is 19.8. The number of carbonyl (C=O) groups is 1. The van der Waals surface area contributed by atoms with Crippen LogP contribution in [-0.2, 0) is 6.42 Å². The van der Waals surface area contributed by atoms with Crippen molar-refractivity contribution < 1.29 is 4.79 Å². The fraction of sp³-hybridized carbons (Fsp3) is 0.150. The van der Waals surface area contributed by atoms with Crippen molar-refractivity contribution in [1.29, 1.82) is 0 Å². The van der Waals surface area contributed by atoms with Crippen LogP contribution in [-0.4, -0.2) is 12.5 Å². The highest BCUT2D eigenvalue weighted by Crippen LogP contribution is 2.32. The number of hydrogen-bond acceptors (Lipinski definition) is 3. The molecule has 2 N–H and O–H groups in total. The Morgan fingerprint density at radius 1 is 1.04 bits per heavy atom. The summed E-state index contributed by atoms with van der Waals surface area (Å²) in [7, 11) is 0. The lowest BCUT2D eigenvalue weighted by Gasteiger charge is -2.24. The summed E-state index contributed by atoms with van der Waals surface area (Å²) in [6.07, 6.45) is 1.11. The number of rotatable bonds is 3. The summed E-state index contributed by atoms with van der Waals surface area (Å²) in [5, 5.41) is 8.69. The molecule has 1 atom stereocenters. The Morgan fingerprint density at radius 3 is 2.62 bits per heavy atom. The third-order valence-electron chi connectivity index (χ3n) is 4.33. The van der Waals surface area contributed by atoms with Crippen LogP contribution in [0.5, 0.6) is 0 Å². The summed E-state index contributed by atoms with van der Waals surface area (Å²) in [5.74, 6) is -0.0840. The Balaban J connectivity index is 1.51. The van der Waals surface area contributed by atoms with E-state index in [4.69, 9.17) is 0 Å². The van der Waals surface area contributed by atoms with Crippen LogP contribution in [0.1, 0.15) is 32.4 Å². The molecule has 2 heterocycles. The topological polar surface area (TPSA) is 41.1 Å². The SMILES string of the molecule is O=C(Nc1ccc([C@H]2NCCc3sccc32)cc1)c1ccccc1. The maximum absolute atomic E-state index is 12.2. The summed E-state index contributed by atoms with van der Waals surface area (Å²) in [6.45, 7) is 1.00. The van der Waals surface area contributed by atoms with E-state index in [-0.39, 0.29) is 11.9 Å². The van der Waals surface area contributed by atoms with Gasteiger partial charge in [0, 0.05) is 22.7 Å². The summed E-state index contributed by atoms with van der Waals surface area (Å²) in [5.41, 5.74) is 4.09. The number of nitrogens with one attached hydrogen (secondary N) is 2. The molecule has 0 spiro atoms. The van der Waals surface area contributed by atoms with Gasteiger partial charge in [-0.2, -0.15) is 0 Å². The minimum atomic E-state index is -0.0840. The van der Waals surface area contributed by atoms with E-state index in [0.717, 1.165) is 18.7 Å². The summed E-state index contributed by atoms with van der Waals surface area (Å²) < 4.78 is 0. The molecular weight excluding hydrogens is 316 g/mol. The van der Waals surface area contributed by atoms with Gasteiger partial charge in [-0.25, -0.2) is 0 Å². The predicted molar refractivity (Wildman–Crippen MR) is 98.7 cm³/mol. The van der Waals surface area contributed by atoms with Gasteiger partial charge in [-0.3, -0.25) is 4.79 Å². The highest BCUT2D eigenvalue weighted by Gasteiger charge is 2.22. The van der Waals surface area contributed by atoms with E-state index >= 15 is 0 Å². The fourth-order valence-corrected chi connectivity index (χ4v) is 4.02. The Kier molecular flexibility index (Phi) is 4.15. The van der Waals surface area contributed by atoms with E-state index in [9.17, 15) is 4.79 Å². The first-order valence-electron chi connectivity index (χ1n) is 8.07. The first kappa shape index (κ1) is 15.1. The molecule has 0 aliphatic carbocycles. The average Bonchev–Trinajstić information content (AvgIpc) is 3.12. The van der Waals surface area contributed by atoms with Gasteiger partial charge in [-0.15, -0.1) is 11.3 Å². The molecule has 1 aliphatic rings. The Bertz CT molecular complexity index is 840. The molecule has 120 valence electrons. The zero-order chi connectivity index (χ0) is 16.4. The van der Waals surface area contributed by atoms with Crippen LogP contribution in [0.15, 0.2) is 66.0 Å². The Labute approximate surface area is 145 Å². The standard InChI is InChI=1S/C20H18N2OS/c23-20(15-4-2-1-3-5-15)22-16-8-6-14(7-9-16)19-17-11-13-24-18(17)10-12-21-19/h1-9,11,13,19,21H,10,12H2,(H,22,23)/t19-/m1/s1. The molecular formula is C20H18N2OS.